The van der Waals surface area contributed by atoms with Gasteiger partial charge < -0.3 is 29.8 Å². The topological polar surface area (TPSA) is 100 Å². The standard InChI is InChI=1S/C14H21NO6/c1-18-4-5-19-6-7-20-8-9-21-11-2-3-13(15)12(10-11)14(16)17/h2-3,10H,4-9,15H2,1H3,(H,16,17). The van der Waals surface area contributed by atoms with Gasteiger partial charge in [0.1, 0.15) is 12.4 Å². The molecule has 0 atom stereocenters. The molecule has 0 aliphatic rings. The molecule has 0 saturated carbocycles. The lowest BCUT2D eigenvalue weighted by molar-refractivity contribution is 0.0179. The van der Waals surface area contributed by atoms with Crippen LogP contribution in [-0.2, 0) is 14.2 Å². The van der Waals surface area contributed by atoms with Gasteiger partial charge in [-0.15, -0.1) is 0 Å². The SMILES string of the molecule is COCCOCCOCCOc1ccc(N)c(C(=O)O)c1. The Labute approximate surface area is 123 Å². The smallest absolute Gasteiger partial charge is 0.337 e. The number of ether oxygens (including phenoxy) is 4. The summed E-state index contributed by atoms with van der Waals surface area (Å²) in [4.78, 5) is 10.9. The summed E-state index contributed by atoms with van der Waals surface area (Å²) in [5, 5.41) is 8.94. The third-order valence-corrected chi connectivity index (χ3v) is 2.56. The maximum Gasteiger partial charge on any atom is 0.337 e. The largest absolute Gasteiger partial charge is 0.491 e. The number of aromatic carboxylic acids is 1. The maximum atomic E-state index is 10.9. The molecule has 0 radical (unpaired) electrons. The number of nitrogens with two attached hydrogens (primary N) is 1. The summed E-state index contributed by atoms with van der Waals surface area (Å²) in [5.74, 6) is -0.635. The molecule has 1 rings (SSSR count). The van der Waals surface area contributed by atoms with Crippen molar-refractivity contribution in [2.45, 2.75) is 0 Å². The van der Waals surface area contributed by atoms with Gasteiger partial charge >= 0.3 is 5.97 Å². The Hall–Kier alpha value is -1.83. The Morgan fingerprint density at radius 2 is 1.71 bits per heavy atom. The number of hydrogen-bond donors (Lipinski definition) is 2. The van der Waals surface area contributed by atoms with E-state index in [1.54, 1.807) is 13.2 Å². The molecule has 0 heterocycles. The minimum absolute atomic E-state index is 0.0277. The molecule has 0 aromatic heterocycles. The lowest BCUT2D eigenvalue weighted by Crippen LogP contribution is -2.12. The number of hydrogen-bond acceptors (Lipinski definition) is 6. The van der Waals surface area contributed by atoms with Gasteiger partial charge in [-0.2, -0.15) is 0 Å². The van der Waals surface area contributed by atoms with Crippen molar-refractivity contribution < 1.29 is 28.8 Å². The Morgan fingerprint density at radius 1 is 1.10 bits per heavy atom. The van der Waals surface area contributed by atoms with Crippen LogP contribution in [0.15, 0.2) is 18.2 Å². The predicted molar refractivity (Wildman–Crippen MR) is 76.8 cm³/mol. The molecule has 7 nitrogen and oxygen atoms in total. The number of carboxylic acid groups (broad SMARTS) is 1. The van der Waals surface area contributed by atoms with Gasteiger partial charge in [0, 0.05) is 12.8 Å². The first-order chi connectivity index (χ1) is 10.1. The molecule has 1 aromatic carbocycles. The lowest BCUT2D eigenvalue weighted by Gasteiger charge is -2.09. The second kappa shape index (κ2) is 9.98. The fourth-order valence-corrected chi connectivity index (χ4v) is 1.49. The fraction of sp³-hybridized carbons (Fsp3) is 0.500. The Balaban J connectivity index is 2.16. The molecule has 118 valence electrons. The first kappa shape index (κ1) is 17.2. The van der Waals surface area contributed by atoms with Crippen LogP contribution in [0, 0.1) is 0 Å². The highest BCUT2D eigenvalue weighted by molar-refractivity contribution is 5.94. The van der Waals surface area contributed by atoms with Gasteiger partial charge in [0.05, 0.1) is 38.6 Å². The van der Waals surface area contributed by atoms with Crippen LogP contribution in [0.5, 0.6) is 5.75 Å². The number of carbonyl (C=O) groups is 1. The van der Waals surface area contributed by atoms with Gasteiger partial charge in [0.15, 0.2) is 0 Å². The van der Waals surface area contributed by atoms with E-state index in [0.717, 1.165) is 0 Å². The van der Waals surface area contributed by atoms with E-state index in [1.165, 1.54) is 12.1 Å². The highest BCUT2D eigenvalue weighted by Crippen LogP contribution is 2.19. The lowest BCUT2D eigenvalue weighted by atomic mass is 10.2. The number of methoxy groups -OCH3 is 1. The highest BCUT2D eigenvalue weighted by Gasteiger charge is 2.08. The minimum Gasteiger partial charge on any atom is -0.491 e. The summed E-state index contributed by atoms with van der Waals surface area (Å²) in [6.07, 6.45) is 0. The van der Waals surface area contributed by atoms with Crippen LogP contribution in [-0.4, -0.2) is 57.8 Å². The average Bonchev–Trinajstić information content (AvgIpc) is 2.47. The van der Waals surface area contributed by atoms with Crippen molar-refractivity contribution in [2.24, 2.45) is 0 Å². The molecule has 0 aliphatic heterocycles. The zero-order chi connectivity index (χ0) is 15.5. The highest BCUT2D eigenvalue weighted by atomic mass is 16.6. The van der Waals surface area contributed by atoms with Gasteiger partial charge in [-0.05, 0) is 18.2 Å². The van der Waals surface area contributed by atoms with Crippen molar-refractivity contribution in [2.75, 3.05) is 52.5 Å². The summed E-state index contributed by atoms with van der Waals surface area (Å²) in [7, 11) is 1.62. The van der Waals surface area contributed by atoms with Crippen LogP contribution in [0.4, 0.5) is 5.69 Å². The molecule has 0 bridgehead atoms. The second-order valence-electron chi connectivity index (χ2n) is 4.12. The summed E-state index contributed by atoms with van der Waals surface area (Å²) in [6, 6.07) is 4.52. The fourth-order valence-electron chi connectivity index (χ4n) is 1.49. The van der Waals surface area contributed by atoms with E-state index in [2.05, 4.69) is 0 Å². The maximum absolute atomic E-state index is 10.9. The van der Waals surface area contributed by atoms with Crippen molar-refractivity contribution in [3.05, 3.63) is 23.8 Å². The zero-order valence-electron chi connectivity index (χ0n) is 12.0. The van der Waals surface area contributed by atoms with E-state index in [0.29, 0.717) is 45.4 Å². The monoisotopic (exact) mass is 299 g/mol. The van der Waals surface area contributed by atoms with E-state index in [9.17, 15) is 4.79 Å². The van der Waals surface area contributed by atoms with E-state index in [4.69, 9.17) is 29.8 Å². The molecule has 7 heteroatoms. The molecule has 0 spiro atoms. The Bertz CT molecular complexity index is 437. The van der Waals surface area contributed by atoms with Crippen LogP contribution in [0.25, 0.3) is 0 Å². The molecule has 3 N–H and O–H groups in total. The number of nitrogen functional groups attached to an aromatic ring is 1. The molecule has 1 aromatic rings. The molecule has 0 fully saturated rings. The molecule has 0 saturated heterocycles. The van der Waals surface area contributed by atoms with Gasteiger partial charge in [0.2, 0.25) is 0 Å². The predicted octanol–water partition coefficient (Wildman–Crippen LogP) is 1.03. The van der Waals surface area contributed by atoms with E-state index in [1.807, 2.05) is 0 Å². The van der Waals surface area contributed by atoms with Crippen molar-refractivity contribution in [3.8, 4) is 5.75 Å². The molecule has 0 aliphatic carbocycles. The van der Waals surface area contributed by atoms with Crippen LogP contribution < -0.4 is 10.5 Å². The molecule has 0 unspecified atom stereocenters. The third-order valence-electron chi connectivity index (χ3n) is 2.56. The average molecular weight is 299 g/mol. The molecule has 21 heavy (non-hydrogen) atoms. The van der Waals surface area contributed by atoms with Crippen molar-refractivity contribution in [1.29, 1.82) is 0 Å². The van der Waals surface area contributed by atoms with Crippen LogP contribution in [0.2, 0.25) is 0 Å². The molecular formula is C14H21NO6. The van der Waals surface area contributed by atoms with Crippen LogP contribution >= 0.6 is 0 Å². The van der Waals surface area contributed by atoms with Crippen LogP contribution in [0.3, 0.4) is 0 Å². The third kappa shape index (κ3) is 6.94. The molecule has 0 amide bonds. The zero-order valence-corrected chi connectivity index (χ0v) is 12.0. The number of carboxylic acids is 1. The quantitative estimate of drug-likeness (QED) is 0.465. The van der Waals surface area contributed by atoms with Gasteiger partial charge in [-0.3, -0.25) is 0 Å². The van der Waals surface area contributed by atoms with E-state index >= 15 is 0 Å². The van der Waals surface area contributed by atoms with Crippen LogP contribution in [0.1, 0.15) is 10.4 Å². The first-order valence-corrected chi connectivity index (χ1v) is 6.55. The van der Waals surface area contributed by atoms with Crippen molar-refractivity contribution >= 4 is 11.7 Å². The summed E-state index contributed by atoms with van der Waals surface area (Å²) in [5.41, 5.74) is 5.79. The Kier molecular flexibility index (Phi) is 8.18. The summed E-state index contributed by atoms with van der Waals surface area (Å²) in [6.45, 7) is 2.77. The summed E-state index contributed by atoms with van der Waals surface area (Å²) < 4.78 is 20.8. The van der Waals surface area contributed by atoms with Gasteiger partial charge in [-0.25, -0.2) is 4.79 Å². The first-order valence-electron chi connectivity index (χ1n) is 6.55. The van der Waals surface area contributed by atoms with Gasteiger partial charge in [-0.1, -0.05) is 0 Å². The van der Waals surface area contributed by atoms with Gasteiger partial charge in [0.25, 0.3) is 0 Å². The normalized spacial score (nSPS) is 10.5. The number of rotatable bonds is 11. The van der Waals surface area contributed by atoms with Crippen molar-refractivity contribution in [1.82, 2.24) is 0 Å². The minimum atomic E-state index is -1.08. The number of anilines is 1. The number of benzene rings is 1. The van der Waals surface area contributed by atoms with E-state index < -0.39 is 5.97 Å². The molecular weight excluding hydrogens is 278 g/mol. The van der Waals surface area contributed by atoms with E-state index in [-0.39, 0.29) is 11.3 Å². The summed E-state index contributed by atoms with van der Waals surface area (Å²) >= 11 is 0. The second-order valence-corrected chi connectivity index (χ2v) is 4.12. The Morgan fingerprint density at radius 3 is 2.33 bits per heavy atom. The van der Waals surface area contributed by atoms with Crippen molar-refractivity contribution in [3.63, 3.8) is 0 Å².